The Labute approximate surface area is 198 Å². The summed E-state index contributed by atoms with van der Waals surface area (Å²) in [6, 6.07) is 19.0. The molecule has 1 atom stereocenters. The van der Waals surface area contributed by atoms with Crippen LogP contribution in [0.25, 0.3) is 0 Å². The van der Waals surface area contributed by atoms with Crippen LogP contribution in [-0.4, -0.2) is 58.8 Å². The van der Waals surface area contributed by atoms with E-state index in [-0.39, 0.29) is 6.10 Å². The van der Waals surface area contributed by atoms with E-state index in [1.807, 2.05) is 25.1 Å². The van der Waals surface area contributed by atoms with Gasteiger partial charge in [0.15, 0.2) is 0 Å². The third-order valence-corrected chi connectivity index (χ3v) is 6.44. The summed E-state index contributed by atoms with van der Waals surface area (Å²) >= 11 is 0. The van der Waals surface area contributed by atoms with Gasteiger partial charge in [0, 0.05) is 50.4 Å². The normalized spacial score (nSPS) is 15.6. The average Bonchev–Trinajstić information content (AvgIpc) is 2.81. The topological polar surface area (TPSA) is 52.5 Å². The molecular weight excluding hydrogens is 408 g/mol. The third-order valence-electron chi connectivity index (χ3n) is 6.44. The molecule has 2 aromatic carbocycles. The first-order valence-electron chi connectivity index (χ1n) is 12.1. The minimum atomic E-state index is -0.344. The Hall–Kier alpha value is -2.76. The fourth-order valence-electron chi connectivity index (χ4n) is 4.79. The number of aliphatic hydroxyl groups excluding tert-OH is 1. The van der Waals surface area contributed by atoms with Crippen molar-refractivity contribution in [1.29, 1.82) is 0 Å². The quantitative estimate of drug-likeness (QED) is 0.570. The first-order valence-corrected chi connectivity index (χ1v) is 12.1. The highest BCUT2D eigenvalue weighted by molar-refractivity contribution is 5.52. The second kappa shape index (κ2) is 10.9. The molecule has 1 saturated heterocycles. The number of anilines is 1. The first kappa shape index (κ1) is 23.4. The van der Waals surface area contributed by atoms with Crippen LogP contribution >= 0.6 is 0 Å². The van der Waals surface area contributed by atoms with Crippen molar-refractivity contribution < 1.29 is 5.11 Å². The van der Waals surface area contributed by atoms with Crippen molar-refractivity contribution in [3.05, 3.63) is 88.4 Å². The highest BCUT2D eigenvalue weighted by Gasteiger charge is 2.24. The summed E-state index contributed by atoms with van der Waals surface area (Å²) in [6.45, 7) is 10.7. The number of benzene rings is 2. The van der Waals surface area contributed by atoms with Gasteiger partial charge in [0.1, 0.15) is 11.6 Å². The summed E-state index contributed by atoms with van der Waals surface area (Å²) in [6.07, 6.45) is 2.12. The molecule has 0 bridgehead atoms. The lowest BCUT2D eigenvalue weighted by atomic mass is 10.0. The molecule has 33 heavy (non-hydrogen) atoms. The molecule has 1 aliphatic rings. The number of hydrogen-bond acceptors (Lipinski definition) is 5. The molecule has 1 aromatic heterocycles. The van der Waals surface area contributed by atoms with Gasteiger partial charge in [-0.2, -0.15) is 0 Å². The zero-order chi connectivity index (χ0) is 23.2. The van der Waals surface area contributed by atoms with Gasteiger partial charge in [0.25, 0.3) is 0 Å². The van der Waals surface area contributed by atoms with Crippen molar-refractivity contribution in [1.82, 2.24) is 14.9 Å². The maximum Gasteiger partial charge on any atom is 0.136 e. The molecule has 0 saturated carbocycles. The predicted molar refractivity (Wildman–Crippen MR) is 135 cm³/mol. The molecule has 4 rings (SSSR count). The van der Waals surface area contributed by atoms with Crippen LogP contribution in [0.15, 0.2) is 54.6 Å². The highest BCUT2D eigenvalue weighted by atomic mass is 16.3. The largest absolute Gasteiger partial charge is 0.391 e. The molecule has 3 aromatic rings. The van der Waals surface area contributed by atoms with Crippen LogP contribution in [0.4, 0.5) is 5.82 Å². The average molecular weight is 445 g/mol. The van der Waals surface area contributed by atoms with Crippen molar-refractivity contribution in [2.45, 2.75) is 46.1 Å². The van der Waals surface area contributed by atoms with Gasteiger partial charge in [-0.05, 0) is 37.8 Å². The van der Waals surface area contributed by atoms with Crippen molar-refractivity contribution in [2.75, 3.05) is 37.6 Å². The summed E-state index contributed by atoms with van der Waals surface area (Å²) in [7, 11) is 0. The Kier molecular flexibility index (Phi) is 7.73. The van der Waals surface area contributed by atoms with Gasteiger partial charge in [-0.1, -0.05) is 67.1 Å². The zero-order valence-electron chi connectivity index (χ0n) is 20.2. The minimum Gasteiger partial charge on any atom is -0.391 e. The molecule has 0 unspecified atom stereocenters. The molecule has 5 heteroatoms. The van der Waals surface area contributed by atoms with E-state index >= 15 is 0 Å². The lowest BCUT2D eigenvalue weighted by molar-refractivity contribution is 0.109. The van der Waals surface area contributed by atoms with Crippen molar-refractivity contribution >= 4 is 5.82 Å². The number of aryl methyl sites for hydroxylation is 3. The van der Waals surface area contributed by atoms with Crippen molar-refractivity contribution in [3.63, 3.8) is 0 Å². The van der Waals surface area contributed by atoms with Crippen LogP contribution in [0.2, 0.25) is 0 Å². The van der Waals surface area contributed by atoms with Gasteiger partial charge in [-0.15, -0.1) is 0 Å². The van der Waals surface area contributed by atoms with Gasteiger partial charge in [-0.3, -0.25) is 4.90 Å². The van der Waals surface area contributed by atoms with Crippen molar-refractivity contribution in [3.8, 4) is 0 Å². The number of nitrogens with zero attached hydrogens (tertiary/aromatic N) is 4. The van der Waals surface area contributed by atoms with Crippen LogP contribution in [0.1, 0.15) is 40.7 Å². The summed E-state index contributed by atoms with van der Waals surface area (Å²) in [5, 5.41) is 10.6. The van der Waals surface area contributed by atoms with Crippen LogP contribution in [-0.2, 0) is 19.3 Å². The van der Waals surface area contributed by atoms with E-state index in [4.69, 9.17) is 9.97 Å². The molecule has 0 radical (unpaired) electrons. The van der Waals surface area contributed by atoms with Crippen LogP contribution in [0, 0.1) is 13.8 Å². The Morgan fingerprint density at radius 1 is 0.909 bits per heavy atom. The number of piperazine rings is 1. The molecular formula is C28H36N4O. The van der Waals surface area contributed by atoms with Crippen LogP contribution < -0.4 is 4.90 Å². The molecule has 1 fully saturated rings. The number of rotatable bonds is 8. The molecule has 0 spiro atoms. The zero-order valence-corrected chi connectivity index (χ0v) is 20.2. The van der Waals surface area contributed by atoms with Crippen LogP contribution in [0.5, 0.6) is 0 Å². The molecule has 0 amide bonds. The predicted octanol–water partition coefficient (Wildman–Crippen LogP) is 3.97. The third kappa shape index (κ3) is 6.18. The Bertz CT molecular complexity index is 1050. The lowest BCUT2D eigenvalue weighted by Crippen LogP contribution is -2.49. The Morgan fingerprint density at radius 2 is 1.64 bits per heavy atom. The maximum absolute atomic E-state index is 10.6. The van der Waals surface area contributed by atoms with Gasteiger partial charge in [0.2, 0.25) is 0 Å². The van der Waals surface area contributed by atoms with E-state index in [0.29, 0.717) is 13.0 Å². The molecule has 1 aliphatic heterocycles. The number of aromatic nitrogens is 2. The fourth-order valence-corrected chi connectivity index (χ4v) is 4.79. The Morgan fingerprint density at radius 3 is 2.33 bits per heavy atom. The van der Waals surface area contributed by atoms with Crippen LogP contribution in [0.3, 0.4) is 0 Å². The van der Waals surface area contributed by atoms with Gasteiger partial charge in [0.05, 0.1) is 6.10 Å². The van der Waals surface area contributed by atoms with E-state index in [1.165, 1.54) is 22.3 Å². The van der Waals surface area contributed by atoms with Gasteiger partial charge < -0.3 is 10.0 Å². The molecule has 0 aliphatic carbocycles. The number of aliphatic hydroxyl groups is 1. The van der Waals surface area contributed by atoms with Gasteiger partial charge >= 0.3 is 0 Å². The summed E-state index contributed by atoms with van der Waals surface area (Å²) < 4.78 is 0. The molecule has 2 heterocycles. The first-order chi connectivity index (χ1) is 16.0. The van der Waals surface area contributed by atoms with E-state index in [0.717, 1.165) is 56.4 Å². The van der Waals surface area contributed by atoms with E-state index < -0.39 is 0 Å². The number of hydrogen-bond donors (Lipinski definition) is 1. The summed E-state index contributed by atoms with van der Waals surface area (Å²) in [4.78, 5) is 14.5. The lowest BCUT2D eigenvalue weighted by Gasteiger charge is -2.37. The molecule has 1 N–H and O–H groups in total. The second-order valence-corrected chi connectivity index (χ2v) is 9.17. The number of β-amino-alcohol motifs (C(OH)–C–C–N with tert-alkyl or cyclic N) is 1. The van der Waals surface area contributed by atoms with E-state index in [2.05, 4.69) is 60.0 Å². The van der Waals surface area contributed by atoms with Crippen molar-refractivity contribution in [2.24, 2.45) is 0 Å². The van der Waals surface area contributed by atoms with E-state index in [1.54, 1.807) is 0 Å². The SMILES string of the molecule is CCc1nc(C)nc(N2CCN(C[C@@H](O)Cc3ccccc3)CC2)c1Cc1cccc(C)c1. The fraction of sp³-hybridized carbons (Fsp3) is 0.429. The van der Waals surface area contributed by atoms with E-state index in [9.17, 15) is 5.11 Å². The Balaban J connectivity index is 1.44. The smallest absolute Gasteiger partial charge is 0.136 e. The maximum atomic E-state index is 10.6. The summed E-state index contributed by atoms with van der Waals surface area (Å²) in [5.41, 5.74) is 6.18. The summed E-state index contributed by atoms with van der Waals surface area (Å²) in [5.74, 6) is 1.93. The van der Waals surface area contributed by atoms with Gasteiger partial charge in [-0.25, -0.2) is 9.97 Å². The monoisotopic (exact) mass is 444 g/mol. The highest BCUT2D eigenvalue weighted by Crippen LogP contribution is 2.26. The second-order valence-electron chi connectivity index (χ2n) is 9.17. The molecule has 5 nitrogen and oxygen atoms in total. The minimum absolute atomic E-state index is 0.344. The standard InChI is InChI=1S/C28H36N4O/c1-4-27-26(19-24-12-8-9-21(2)17-24)28(30-22(3)29-27)32-15-13-31(14-16-32)20-25(33)18-23-10-6-5-7-11-23/h5-12,17,25,33H,4,13-16,18-20H2,1-3H3/t25-/m0/s1. The molecule has 174 valence electrons.